The Hall–Kier alpha value is -2.29. The number of anilines is 1. The van der Waals surface area contributed by atoms with Crippen molar-refractivity contribution in [2.75, 3.05) is 37.0 Å². The van der Waals surface area contributed by atoms with Crippen LogP contribution in [0.4, 0.5) is 14.5 Å². The Bertz CT molecular complexity index is 817. The Morgan fingerprint density at radius 1 is 1.03 bits per heavy atom. The number of nitrogens with one attached hydrogen (secondary N) is 1. The first-order valence-corrected chi connectivity index (χ1v) is 10.8. The van der Waals surface area contributed by atoms with E-state index in [9.17, 15) is 13.6 Å². The van der Waals surface area contributed by atoms with Crippen LogP contribution in [0.25, 0.3) is 0 Å². The van der Waals surface area contributed by atoms with Crippen molar-refractivity contribution in [3.63, 3.8) is 0 Å². The number of aryl methyl sites for hydroxylation is 1. The second-order valence-electron chi connectivity index (χ2n) is 6.32. The third kappa shape index (κ3) is 11.1. The van der Waals surface area contributed by atoms with Crippen molar-refractivity contribution in [1.29, 1.82) is 0 Å². The minimum atomic E-state index is -0.558. The zero-order valence-corrected chi connectivity index (χ0v) is 19.2. The van der Waals surface area contributed by atoms with Crippen LogP contribution in [0.3, 0.4) is 0 Å². The smallest absolute Gasteiger partial charge is 0.255 e. The number of carbonyl (C=O) groups excluding carboxylic acids is 3. The average molecular weight is 473 g/mol. The van der Waals surface area contributed by atoms with Gasteiger partial charge in [0.2, 0.25) is 0 Å². The maximum Gasteiger partial charge on any atom is 0.255 e. The number of carbonyl (C=O) groups is 3. The van der Waals surface area contributed by atoms with E-state index in [-0.39, 0.29) is 10.8 Å². The predicted molar refractivity (Wildman–Crippen MR) is 124 cm³/mol. The number of hydrogen-bond acceptors (Lipinski definition) is 5. The summed E-state index contributed by atoms with van der Waals surface area (Å²) in [5.41, 5.74) is 1.07. The second kappa shape index (κ2) is 16.4. The van der Waals surface area contributed by atoms with E-state index >= 15 is 0 Å². The molecule has 1 aliphatic heterocycles. The van der Waals surface area contributed by atoms with E-state index in [0.29, 0.717) is 16.8 Å². The van der Waals surface area contributed by atoms with Gasteiger partial charge < -0.3 is 19.8 Å². The zero-order valence-electron chi connectivity index (χ0n) is 17.6. The maximum absolute atomic E-state index is 13.1. The van der Waals surface area contributed by atoms with Crippen LogP contribution in [0.5, 0.6) is 0 Å². The lowest BCUT2D eigenvalue weighted by atomic mass is 10.1. The van der Waals surface area contributed by atoms with Crippen LogP contribution >= 0.6 is 23.4 Å². The van der Waals surface area contributed by atoms with Crippen molar-refractivity contribution in [2.24, 2.45) is 0 Å². The fraction of sp³-hybridized carbons (Fsp3) is 0.318. The topological polar surface area (TPSA) is 66.5 Å². The molecule has 0 unspecified atom stereocenters. The van der Waals surface area contributed by atoms with Gasteiger partial charge in [-0.2, -0.15) is 11.8 Å². The number of hydrogen-bond donors (Lipinski definition) is 1. The fourth-order valence-corrected chi connectivity index (χ4v) is 3.59. The molecule has 0 saturated carbocycles. The van der Waals surface area contributed by atoms with Crippen LogP contribution in [-0.2, 0) is 9.59 Å². The Kier molecular flexibility index (Phi) is 15.2. The molecule has 2 aromatic carbocycles. The molecule has 31 heavy (non-hydrogen) atoms. The molecule has 1 heterocycles. The van der Waals surface area contributed by atoms with Gasteiger partial charge in [-0.3, -0.25) is 4.79 Å². The van der Waals surface area contributed by atoms with Gasteiger partial charge in [-0.1, -0.05) is 11.6 Å². The van der Waals surface area contributed by atoms with Gasteiger partial charge in [-0.15, -0.1) is 0 Å². The van der Waals surface area contributed by atoms with Crippen LogP contribution in [0.2, 0.25) is 5.02 Å². The minimum absolute atomic E-state index is 0.0758. The molecule has 1 amide bonds. The van der Waals surface area contributed by atoms with E-state index in [0.717, 1.165) is 6.07 Å². The molecule has 2 aromatic rings. The van der Waals surface area contributed by atoms with Crippen molar-refractivity contribution in [3.8, 4) is 0 Å². The summed E-state index contributed by atoms with van der Waals surface area (Å²) in [6.45, 7) is 8.15. The van der Waals surface area contributed by atoms with Gasteiger partial charge in [0.05, 0.1) is 5.02 Å². The molecule has 1 aliphatic rings. The summed E-state index contributed by atoms with van der Waals surface area (Å²) in [5.74, 6) is 1.35. The SMILES string of the molecule is C=O.C=O.CN1CCCSCC1.Cc1cc(C(=O)Nc2ccc(F)c(Cl)c2)ccc1F. The van der Waals surface area contributed by atoms with E-state index in [1.807, 2.05) is 13.6 Å². The van der Waals surface area contributed by atoms with Crippen molar-refractivity contribution < 1.29 is 23.2 Å². The van der Waals surface area contributed by atoms with Crippen LogP contribution in [0.15, 0.2) is 36.4 Å². The molecule has 0 radical (unpaired) electrons. The molecule has 5 nitrogen and oxygen atoms in total. The minimum Gasteiger partial charge on any atom is -0.322 e. The number of rotatable bonds is 2. The van der Waals surface area contributed by atoms with Gasteiger partial charge in [-0.05, 0) is 74.7 Å². The van der Waals surface area contributed by atoms with E-state index in [4.69, 9.17) is 21.2 Å². The lowest BCUT2D eigenvalue weighted by Crippen LogP contribution is -2.20. The molecule has 170 valence electrons. The summed E-state index contributed by atoms with van der Waals surface area (Å²) in [6.07, 6.45) is 1.38. The zero-order chi connectivity index (χ0) is 23.8. The Morgan fingerprint density at radius 2 is 1.68 bits per heavy atom. The highest BCUT2D eigenvalue weighted by Crippen LogP contribution is 2.20. The molecule has 1 N–H and O–H groups in total. The molecule has 0 aliphatic carbocycles. The van der Waals surface area contributed by atoms with Crippen LogP contribution in [-0.4, -0.2) is 56.0 Å². The molecular weight excluding hydrogens is 446 g/mol. The molecule has 0 aromatic heterocycles. The largest absolute Gasteiger partial charge is 0.322 e. The van der Waals surface area contributed by atoms with Gasteiger partial charge >= 0.3 is 0 Å². The van der Waals surface area contributed by atoms with E-state index in [1.54, 1.807) is 6.92 Å². The Labute approximate surface area is 191 Å². The maximum atomic E-state index is 13.1. The molecule has 3 rings (SSSR count). The number of halogens is 3. The van der Waals surface area contributed by atoms with Gasteiger partial charge in [0, 0.05) is 23.5 Å². The highest BCUT2D eigenvalue weighted by Gasteiger charge is 2.09. The monoisotopic (exact) mass is 472 g/mol. The lowest BCUT2D eigenvalue weighted by molar-refractivity contribution is -0.0987. The summed E-state index contributed by atoms with van der Waals surface area (Å²) in [5, 5.41) is 2.48. The van der Waals surface area contributed by atoms with E-state index in [1.165, 1.54) is 61.3 Å². The van der Waals surface area contributed by atoms with Crippen LogP contribution in [0, 0.1) is 18.6 Å². The number of thioether (sulfide) groups is 1. The molecule has 1 fully saturated rings. The molecule has 0 spiro atoms. The number of amides is 1. The molecule has 9 heteroatoms. The summed E-state index contributed by atoms with van der Waals surface area (Å²) in [4.78, 5) is 30.3. The normalized spacial score (nSPS) is 13.1. The van der Waals surface area contributed by atoms with Gasteiger partial charge in [0.15, 0.2) is 0 Å². The standard InChI is InChI=1S/C14H10ClF2NO.C6H13NS.2CH2O/c1-8-6-9(2-4-12(8)16)14(19)18-10-3-5-13(17)11(15)7-10;1-7-3-2-5-8-6-4-7;2*1-2/h2-7H,1H3,(H,18,19);2-6H2,1H3;2*1H2. The third-order valence-electron chi connectivity index (χ3n) is 4.04. The van der Waals surface area contributed by atoms with E-state index in [2.05, 4.69) is 29.0 Å². The van der Waals surface area contributed by atoms with Gasteiger partial charge in [0.1, 0.15) is 25.2 Å². The second-order valence-corrected chi connectivity index (χ2v) is 7.95. The first-order chi connectivity index (χ1) is 14.9. The summed E-state index contributed by atoms with van der Waals surface area (Å²) in [6, 6.07) is 7.91. The molecule has 1 saturated heterocycles. The number of nitrogens with zero attached hydrogens (tertiary/aromatic N) is 1. The van der Waals surface area contributed by atoms with Crippen molar-refractivity contribution >= 4 is 48.5 Å². The quantitative estimate of drug-likeness (QED) is 0.675. The van der Waals surface area contributed by atoms with Crippen LogP contribution < -0.4 is 5.32 Å². The lowest BCUT2D eigenvalue weighted by Gasteiger charge is -2.09. The Morgan fingerprint density at radius 3 is 2.29 bits per heavy atom. The highest BCUT2D eigenvalue weighted by molar-refractivity contribution is 7.99. The van der Waals surface area contributed by atoms with E-state index < -0.39 is 11.7 Å². The molecular formula is C22H27ClF2N2O3S. The van der Waals surface area contributed by atoms with Crippen molar-refractivity contribution in [1.82, 2.24) is 4.90 Å². The fourth-order valence-electron chi connectivity index (χ4n) is 2.43. The molecule has 0 atom stereocenters. The van der Waals surface area contributed by atoms with Gasteiger partial charge in [0.25, 0.3) is 5.91 Å². The van der Waals surface area contributed by atoms with Crippen molar-refractivity contribution in [3.05, 3.63) is 64.2 Å². The van der Waals surface area contributed by atoms with Gasteiger partial charge in [-0.25, -0.2) is 8.78 Å². The summed E-state index contributed by atoms with van der Waals surface area (Å²) in [7, 11) is 2.20. The predicted octanol–water partition coefficient (Wildman–Crippen LogP) is 4.86. The van der Waals surface area contributed by atoms with Crippen molar-refractivity contribution in [2.45, 2.75) is 13.3 Å². The first-order valence-electron chi connectivity index (χ1n) is 9.23. The Balaban J connectivity index is 0.000000625. The molecule has 0 bridgehead atoms. The number of benzene rings is 2. The summed E-state index contributed by atoms with van der Waals surface area (Å²) < 4.78 is 26.1. The average Bonchev–Trinajstić information content (AvgIpc) is 3.03. The highest BCUT2D eigenvalue weighted by atomic mass is 35.5. The van der Waals surface area contributed by atoms with Crippen LogP contribution in [0.1, 0.15) is 22.3 Å². The first kappa shape index (κ1) is 28.7. The summed E-state index contributed by atoms with van der Waals surface area (Å²) >= 11 is 7.69. The third-order valence-corrected chi connectivity index (χ3v) is 5.38.